The molecule has 5 heteroatoms. The lowest BCUT2D eigenvalue weighted by atomic mass is 9.68. The zero-order valence-electron chi connectivity index (χ0n) is 14.4. The SMILES string of the molecule is O=C([C@H]1C[C@]2(COCN2)C1)N1CCC(c2cc3ccccc3o2)CC1. The monoisotopic (exact) mass is 340 g/mol. The topological polar surface area (TPSA) is 54.7 Å². The molecule has 1 aromatic carbocycles. The maximum atomic E-state index is 12.7. The van der Waals surface area contributed by atoms with E-state index in [0.29, 0.717) is 18.6 Å². The van der Waals surface area contributed by atoms with Crippen LogP contribution in [0.15, 0.2) is 34.7 Å². The molecule has 5 nitrogen and oxygen atoms in total. The van der Waals surface area contributed by atoms with Crippen molar-refractivity contribution in [2.45, 2.75) is 37.1 Å². The van der Waals surface area contributed by atoms with Crippen LogP contribution in [0.2, 0.25) is 0 Å². The van der Waals surface area contributed by atoms with Crippen LogP contribution < -0.4 is 5.32 Å². The summed E-state index contributed by atoms with van der Waals surface area (Å²) in [6, 6.07) is 10.3. The van der Waals surface area contributed by atoms with E-state index in [-0.39, 0.29) is 11.5 Å². The van der Waals surface area contributed by atoms with Gasteiger partial charge in [-0.2, -0.15) is 0 Å². The highest BCUT2D eigenvalue weighted by atomic mass is 16.5. The molecule has 1 saturated carbocycles. The molecule has 1 N–H and O–H groups in total. The fourth-order valence-corrected chi connectivity index (χ4v) is 4.67. The van der Waals surface area contributed by atoms with Crippen LogP contribution >= 0.6 is 0 Å². The summed E-state index contributed by atoms with van der Waals surface area (Å²) >= 11 is 0. The Morgan fingerprint density at radius 1 is 1.20 bits per heavy atom. The van der Waals surface area contributed by atoms with Crippen molar-refractivity contribution in [2.24, 2.45) is 5.92 Å². The number of likely N-dealkylation sites (tertiary alicyclic amines) is 1. The number of para-hydroxylation sites is 1. The Kier molecular flexibility index (Phi) is 3.61. The van der Waals surface area contributed by atoms with Crippen LogP contribution in [-0.4, -0.2) is 42.8 Å². The second-order valence-electron chi connectivity index (χ2n) is 7.84. The Bertz CT molecular complexity index is 744. The molecule has 1 spiro atoms. The van der Waals surface area contributed by atoms with E-state index in [1.807, 2.05) is 18.2 Å². The van der Waals surface area contributed by atoms with Crippen LogP contribution in [0.4, 0.5) is 0 Å². The summed E-state index contributed by atoms with van der Waals surface area (Å²) in [5.74, 6) is 2.01. The van der Waals surface area contributed by atoms with Gasteiger partial charge >= 0.3 is 0 Å². The number of nitrogens with one attached hydrogen (secondary N) is 1. The zero-order valence-corrected chi connectivity index (χ0v) is 14.4. The number of ether oxygens (including phenoxy) is 1. The van der Waals surface area contributed by atoms with Gasteiger partial charge in [0, 0.05) is 35.9 Å². The molecule has 5 rings (SSSR count). The van der Waals surface area contributed by atoms with Crippen LogP contribution in [0.1, 0.15) is 37.4 Å². The first-order chi connectivity index (χ1) is 12.2. The Labute approximate surface area is 147 Å². The van der Waals surface area contributed by atoms with Crippen molar-refractivity contribution in [1.82, 2.24) is 10.2 Å². The molecule has 1 aromatic heterocycles. The van der Waals surface area contributed by atoms with E-state index in [4.69, 9.17) is 9.15 Å². The molecule has 0 bridgehead atoms. The van der Waals surface area contributed by atoms with Gasteiger partial charge < -0.3 is 14.1 Å². The van der Waals surface area contributed by atoms with E-state index in [0.717, 1.165) is 56.7 Å². The molecule has 3 heterocycles. The molecule has 0 atom stereocenters. The maximum absolute atomic E-state index is 12.7. The van der Waals surface area contributed by atoms with E-state index in [1.54, 1.807) is 0 Å². The molecule has 2 saturated heterocycles. The summed E-state index contributed by atoms with van der Waals surface area (Å²) in [6.45, 7) is 3.07. The smallest absolute Gasteiger partial charge is 0.225 e. The van der Waals surface area contributed by atoms with Crippen LogP contribution in [0.25, 0.3) is 11.0 Å². The fourth-order valence-electron chi connectivity index (χ4n) is 4.67. The predicted molar refractivity (Wildman–Crippen MR) is 94.2 cm³/mol. The summed E-state index contributed by atoms with van der Waals surface area (Å²) in [4.78, 5) is 14.8. The number of carbonyl (C=O) groups excluding carboxylic acids is 1. The summed E-state index contributed by atoms with van der Waals surface area (Å²) in [7, 11) is 0. The Hall–Kier alpha value is -1.85. The van der Waals surface area contributed by atoms with Gasteiger partial charge in [0.05, 0.1) is 13.3 Å². The summed E-state index contributed by atoms with van der Waals surface area (Å²) in [6.07, 6.45) is 3.83. The van der Waals surface area contributed by atoms with Crippen molar-refractivity contribution in [3.8, 4) is 0 Å². The highest BCUT2D eigenvalue weighted by Crippen LogP contribution is 2.42. The minimum absolute atomic E-state index is 0.0902. The molecule has 1 aliphatic carbocycles. The number of amides is 1. The number of piperidine rings is 1. The lowest BCUT2D eigenvalue weighted by Crippen LogP contribution is -2.58. The van der Waals surface area contributed by atoms with Crippen molar-refractivity contribution in [3.63, 3.8) is 0 Å². The Morgan fingerprint density at radius 3 is 2.72 bits per heavy atom. The molecule has 0 radical (unpaired) electrons. The second kappa shape index (κ2) is 5.85. The van der Waals surface area contributed by atoms with Gasteiger partial charge in [-0.05, 0) is 37.8 Å². The normalized spacial score (nSPS) is 30.1. The predicted octanol–water partition coefficient (Wildman–Crippen LogP) is 2.86. The van der Waals surface area contributed by atoms with Crippen molar-refractivity contribution in [1.29, 1.82) is 0 Å². The van der Waals surface area contributed by atoms with Gasteiger partial charge in [-0.15, -0.1) is 0 Å². The first-order valence-corrected chi connectivity index (χ1v) is 9.33. The molecule has 1 amide bonds. The Morgan fingerprint density at radius 2 is 2.00 bits per heavy atom. The first kappa shape index (κ1) is 15.4. The summed E-state index contributed by atoms with van der Waals surface area (Å²) in [5.41, 5.74) is 1.05. The van der Waals surface area contributed by atoms with Gasteiger partial charge in [-0.1, -0.05) is 18.2 Å². The van der Waals surface area contributed by atoms with Gasteiger partial charge in [-0.3, -0.25) is 10.1 Å². The minimum Gasteiger partial charge on any atom is -0.461 e. The number of nitrogens with zero attached hydrogens (tertiary/aromatic N) is 1. The van der Waals surface area contributed by atoms with Gasteiger partial charge in [0.1, 0.15) is 11.3 Å². The average molecular weight is 340 g/mol. The highest BCUT2D eigenvalue weighted by Gasteiger charge is 2.50. The molecule has 132 valence electrons. The Balaban J connectivity index is 1.19. The average Bonchev–Trinajstić information content (AvgIpc) is 3.27. The number of carbonyl (C=O) groups is 1. The van der Waals surface area contributed by atoms with Gasteiger partial charge in [0.2, 0.25) is 5.91 Å². The van der Waals surface area contributed by atoms with Crippen LogP contribution in [0.5, 0.6) is 0 Å². The minimum atomic E-state index is 0.0902. The number of fused-ring (bicyclic) bond motifs is 1. The van der Waals surface area contributed by atoms with E-state index in [2.05, 4.69) is 22.3 Å². The van der Waals surface area contributed by atoms with Crippen molar-refractivity contribution in [2.75, 3.05) is 26.4 Å². The van der Waals surface area contributed by atoms with Gasteiger partial charge in [-0.25, -0.2) is 0 Å². The van der Waals surface area contributed by atoms with Crippen molar-refractivity contribution < 1.29 is 13.9 Å². The van der Waals surface area contributed by atoms with E-state index < -0.39 is 0 Å². The quantitative estimate of drug-likeness (QED) is 0.913. The standard InChI is InChI=1S/C20H24N2O3/c23-19(16-10-20(11-16)12-24-13-21-20)22-7-5-14(6-8-22)18-9-15-3-1-2-4-17(15)25-18/h1-4,9,14,16,21H,5-8,10-13H2/t16-,20+. The van der Waals surface area contributed by atoms with E-state index in [1.165, 1.54) is 5.39 Å². The number of hydrogen-bond acceptors (Lipinski definition) is 4. The van der Waals surface area contributed by atoms with Crippen LogP contribution in [0.3, 0.4) is 0 Å². The number of furan rings is 1. The first-order valence-electron chi connectivity index (χ1n) is 9.33. The molecule has 25 heavy (non-hydrogen) atoms. The molecular weight excluding hydrogens is 316 g/mol. The van der Waals surface area contributed by atoms with Crippen molar-refractivity contribution >= 4 is 16.9 Å². The molecule has 3 fully saturated rings. The fraction of sp³-hybridized carbons (Fsp3) is 0.550. The van der Waals surface area contributed by atoms with Gasteiger partial charge in [0.15, 0.2) is 0 Å². The molecule has 2 aliphatic heterocycles. The third-order valence-corrected chi connectivity index (χ3v) is 6.20. The summed E-state index contributed by atoms with van der Waals surface area (Å²) in [5, 5.41) is 4.56. The zero-order chi connectivity index (χ0) is 16.9. The second-order valence-corrected chi connectivity index (χ2v) is 7.84. The largest absolute Gasteiger partial charge is 0.461 e. The number of benzene rings is 1. The lowest BCUT2D eigenvalue weighted by Gasteiger charge is -2.45. The van der Waals surface area contributed by atoms with E-state index in [9.17, 15) is 4.79 Å². The molecular formula is C20H24N2O3. The maximum Gasteiger partial charge on any atom is 0.225 e. The van der Waals surface area contributed by atoms with Crippen molar-refractivity contribution in [3.05, 3.63) is 36.1 Å². The number of rotatable bonds is 2. The van der Waals surface area contributed by atoms with Crippen LogP contribution in [0, 0.1) is 5.92 Å². The summed E-state index contributed by atoms with van der Waals surface area (Å²) < 4.78 is 11.4. The third-order valence-electron chi connectivity index (χ3n) is 6.20. The molecule has 3 aliphatic rings. The van der Waals surface area contributed by atoms with Crippen LogP contribution in [-0.2, 0) is 9.53 Å². The third kappa shape index (κ3) is 2.66. The molecule has 2 aromatic rings. The van der Waals surface area contributed by atoms with Gasteiger partial charge in [0.25, 0.3) is 0 Å². The van der Waals surface area contributed by atoms with E-state index >= 15 is 0 Å². The highest BCUT2D eigenvalue weighted by molar-refractivity contribution is 5.80. The lowest BCUT2D eigenvalue weighted by molar-refractivity contribution is -0.142. The molecule has 0 unspecified atom stereocenters. The number of hydrogen-bond donors (Lipinski definition) is 1.